The minimum absolute atomic E-state index is 0. The third-order valence-electron chi connectivity index (χ3n) is 4.16. The van der Waals surface area contributed by atoms with Crippen molar-refractivity contribution in [3.8, 4) is 0 Å². The van der Waals surface area contributed by atoms with Gasteiger partial charge in [-0.1, -0.05) is 36.4 Å². The van der Waals surface area contributed by atoms with Gasteiger partial charge in [-0.2, -0.15) is 0 Å². The van der Waals surface area contributed by atoms with Gasteiger partial charge in [0.05, 0.1) is 5.69 Å². The molecule has 0 saturated heterocycles. The third-order valence-corrected chi connectivity index (χ3v) is 4.16. The molecule has 0 fully saturated rings. The molecule has 0 aromatic heterocycles. The molecule has 3 rings (SSSR count). The average molecular weight is 363 g/mol. The van der Waals surface area contributed by atoms with E-state index in [4.69, 9.17) is 0 Å². The Balaban J connectivity index is 0.00000225. The van der Waals surface area contributed by atoms with Crippen LogP contribution in [-0.4, -0.2) is 18.2 Å². The third kappa shape index (κ3) is 4.65. The SMILES string of the molecule is Cl.O=C(CCC(=O)c1ccccc1)Nc1ccc2c(c1F)CCNC2. The quantitative estimate of drug-likeness (QED) is 0.800. The Labute approximate surface area is 152 Å². The van der Waals surface area contributed by atoms with Crippen LogP contribution in [0.15, 0.2) is 42.5 Å². The molecule has 0 saturated carbocycles. The highest BCUT2D eigenvalue weighted by atomic mass is 35.5. The molecule has 0 radical (unpaired) electrons. The van der Waals surface area contributed by atoms with Crippen LogP contribution in [0.25, 0.3) is 0 Å². The minimum Gasteiger partial charge on any atom is -0.324 e. The molecule has 0 spiro atoms. The second-order valence-electron chi connectivity index (χ2n) is 5.83. The number of ketones is 1. The summed E-state index contributed by atoms with van der Waals surface area (Å²) >= 11 is 0. The second-order valence-corrected chi connectivity index (χ2v) is 5.83. The predicted molar refractivity (Wildman–Crippen MR) is 97.7 cm³/mol. The number of hydrogen-bond donors (Lipinski definition) is 2. The van der Waals surface area contributed by atoms with E-state index in [1.165, 1.54) is 0 Å². The number of anilines is 1. The Hall–Kier alpha value is -2.24. The summed E-state index contributed by atoms with van der Waals surface area (Å²) in [6.45, 7) is 1.37. The lowest BCUT2D eigenvalue weighted by molar-refractivity contribution is -0.116. The van der Waals surface area contributed by atoms with Crippen LogP contribution in [0.5, 0.6) is 0 Å². The molecule has 132 valence electrons. The molecule has 1 amide bonds. The predicted octanol–water partition coefficient (Wildman–Crippen LogP) is 3.49. The van der Waals surface area contributed by atoms with Crippen LogP contribution >= 0.6 is 12.4 Å². The van der Waals surface area contributed by atoms with Crippen LogP contribution in [-0.2, 0) is 17.8 Å². The zero-order chi connectivity index (χ0) is 16.9. The maximum Gasteiger partial charge on any atom is 0.224 e. The molecule has 6 heteroatoms. The highest BCUT2D eigenvalue weighted by Gasteiger charge is 2.18. The first-order chi connectivity index (χ1) is 11.6. The lowest BCUT2D eigenvalue weighted by atomic mass is 9.99. The number of nitrogens with one attached hydrogen (secondary N) is 2. The Bertz CT molecular complexity index is 766. The molecule has 1 heterocycles. The van der Waals surface area contributed by atoms with Gasteiger partial charge in [0.15, 0.2) is 5.78 Å². The van der Waals surface area contributed by atoms with Gasteiger partial charge in [0.1, 0.15) is 5.82 Å². The van der Waals surface area contributed by atoms with Gasteiger partial charge < -0.3 is 10.6 Å². The van der Waals surface area contributed by atoms with Gasteiger partial charge in [-0.05, 0) is 30.2 Å². The first-order valence-corrected chi connectivity index (χ1v) is 8.04. The standard InChI is InChI=1S/C19H19FN2O2.ClH/c20-19-15-10-11-21-12-14(15)6-7-16(19)22-18(24)9-8-17(23)13-4-2-1-3-5-13;/h1-7,21H,8-12H2,(H,22,24);1H. The zero-order valence-corrected chi connectivity index (χ0v) is 14.5. The average Bonchev–Trinajstić information content (AvgIpc) is 2.63. The molecular formula is C19H20ClFN2O2. The molecular weight excluding hydrogens is 343 g/mol. The summed E-state index contributed by atoms with van der Waals surface area (Å²) in [5.74, 6) is -0.813. The molecule has 2 aromatic carbocycles. The van der Waals surface area contributed by atoms with Gasteiger partial charge in [0.2, 0.25) is 5.91 Å². The number of carbonyl (C=O) groups excluding carboxylic acids is 2. The number of amides is 1. The topological polar surface area (TPSA) is 58.2 Å². The number of carbonyl (C=O) groups is 2. The summed E-state index contributed by atoms with van der Waals surface area (Å²) in [5, 5.41) is 5.77. The normalized spacial score (nSPS) is 12.7. The largest absolute Gasteiger partial charge is 0.324 e. The van der Waals surface area contributed by atoms with Crippen molar-refractivity contribution in [2.24, 2.45) is 0 Å². The Morgan fingerprint density at radius 1 is 1.08 bits per heavy atom. The van der Waals surface area contributed by atoms with Crippen molar-refractivity contribution < 1.29 is 14.0 Å². The van der Waals surface area contributed by atoms with E-state index in [9.17, 15) is 14.0 Å². The molecule has 0 bridgehead atoms. The second kappa shape index (κ2) is 8.74. The fourth-order valence-corrected chi connectivity index (χ4v) is 2.84. The molecule has 1 aliphatic rings. The summed E-state index contributed by atoms with van der Waals surface area (Å²) in [5.41, 5.74) is 2.36. The Kier molecular flexibility index (Phi) is 6.67. The van der Waals surface area contributed by atoms with Crippen LogP contribution in [0.1, 0.15) is 34.3 Å². The Morgan fingerprint density at radius 3 is 2.60 bits per heavy atom. The van der Waals surface area contributed by atoms with Gasteiger partial charge in [0, 0.05) is 24.9 Å². The number of hydrogen-bond acceptors (Lipinski definition) is 3. The number of rotatable bonds is 5. The molecule has 0 aliphatic carbocycles. The zero-order valence-electron chi connectivity index (χ0n) is 13.7. The molecule has 4 nitrogen and oxygen atoms in total. The van der Waals surface area contributed by atoms with Crippen molar-refractivity contribution in [2.75, 3.05) is 11.9 Å². The smallest absolute Gasteiger partial charge is 0.224 e. The molecule has 0 unspecified atom stereocenters. The van der Waals surface area contributed by atoms with Crippen LogP contribution < -0.4 is 10.6 Å². The van der Waals surface area contributed by atoms with Crippen LogP contribution in [0.2, 0.25) is 0 Å². The van der Waals surface area contributed by atoms with Crippen molar-refractivity contribution in [1.82, 2.24) is 5.32 Å². The maximum absolute atomic E-state index is 14.5. The van der Waals surface area contributed by atoms with E-state index in [2.05, 4.69) is 10.6 Å². The fourth-order valence-electron chi connectivity index (χ4n) is 2.84. The first-order valence-electron chi connectivity index (χ1n) is 8.04. The van der Waals surface area contributed by atoms with Gasteiger partial charge in [-0.25, -0.2) is 4.39 Å². The van der Waals surface area contributed by atoms with Crippen LogP contribution in [0.3, 0.4) is 0 Å². The molecule has 2 aromatic rings. The van der Waals surface area contributed by atoms with Gasteiger partial charge in [-0.15, -0.1) is 12.4 Å². The van der Waals surface area contributed by atoms with Crippen molar-refractivity contribution in [1.29, 1.82) is 0 Å². The van der Waals surface area contributed by atoms with Crippen molar-refractivity contribution in [3.63, 3.8) is 0 Å². The summed E-state index contributed by atoms with van der Waals surface area (Å²) < 4.78 is 14.5. The number of fused-ring (bicyclic) bond motifs is 1. The number of Topliss-reactive ketones (excluding diaryl/α,β-unsaturated/α-hetero) is 1. The minimum atomic E-state index is -0.364. The van der Waals surface area contributed by atoms with Gasteiger partial charge in [-0.3, -0.25) is 9.59 Å². The lowest BCUT2D eigenvalue weighted by Crippen LogP contribution is -2.25. The molecule has 1 aliphatic heterocycles. The molecule has 2 N–H and O–H groups in total. The van der Waals surface area contributed by atoms with Crippen LogP contribution in [0, 0.1) is 5.82 Å². The summed E-state index contributed by atoms with van der Waals surface area (Å²) in [6, 6.07) is 12.2. The van der Waals surface area contributed by atoms with Crippen molar-refractivity contribution in [3.05, 3.63) is 65.0 Å². The van der Waals surface area contributed by atoms with Gasteiger partial charge >= 0.3 is 0 Å². The Morgan fingerprint density at radius 2 is 1.84 bits per heavy atom. The van der Waals surface area contributed by atoms with E-state index in [-0.39, 0.29) is 48.4 Å². The van der Waals surface area contributed by atoms with Crippen molar-refractivity contribution >= 4 is 29.8 Å². The molecule has 0 atom stereocenters. The summed E-state index contributed by atoms with van der Waals surface area (Å²) in [7, 11) is 0. The summed E-state index contributed by atoms with van der Waals surface area (Å²) in [6.07, 6.45) is 0.746. The van der Waals surface area contributed by atoms with Crippen LogP contribution in [0.4, 0.5) is 10.1 Å². The van der Waals surface area contributed by atoms with E-state index >= 15 is 0 Å². The van der Waals surface area contributed by atoms with E-state index in [1.807, 2.05) is 12.1 Å². The lowest BCUT2D eigenvalue weighted by Gasteiger charge is -2.19. The summed E-state index contributed by atoms with van der Waals surface area (Å²) in [4.78, 5) is 24.0. The van der Waals surface area contributed by atoms with E-state index in [0.717, 1.165) is 12.1 Å². The number of halogens is 2. The van der Waals surface area contributed by atoms with Crippen molar-refractivity contribution in [2.45, 2.75) is 25.8 Å². The monoisotopic (exact) mass is 362 g/mol. The maximum atomic E-state index is 14.5. The number of benzene rings is 2. The highest BCUT2D eigenvalue weighted by Crippen LogP contribution is 2.24. The first kappa shape index (κ1) is 19.1. The fraction of sp³-hybridized carbons (Fsp3) is 0.263. The van der Waals surface area contributed by atoms with Gasteiger partial charge in [0.25, 0.3) is 0 Å². The van der Waals surface area contributed by atoms with E-state index < -0.39 is 0 Å². The highest BCUT2D eigenvalue weighted by molar-refractivity contribution is 6.00. The molecule has 25 heavy (non-hydrogen) atoms. The van der Waals surface area contributed by atoms with E-state index in [0.29, 0.717) is 24.1 Å². The van der Waals surface area contributed by atoms with E-state index in [1.54, 1.807) is 30.3 Å².